The van der Waals surface area contributed by atoms with Crippen LogP contribution in [0, 0.1) is 5.92 Å². The van der Waals surface area contributed by atoms with E-state index in [4.69, 9.17) is 10.5 Å². The smallest absolute Gasteiger partial charge is 0.335 e. The average Bonchev–Trinajstić information content (AvgIpc) is 2.80. The maximum atomic E-state index is 13.3. The van der Waals surface area contributed by atoms with E-state index < -0.39 is 23.0 Å². The van der Waals surface area contributed by atoms with Crippen LogP contribution in [0.1, 0.15) is 64.7 Å². The van der Waals surface area contributed by atoms with E-state index >= 15 is 0 Å². The highest BCUT2D eigenvalue weighted by atomic mass is 16.6. The van der Waals surface area contributed by atoms with Crippen molar-refractivity contribution in [2.45, 2.75) is 75.8 Å². The van der Waals surface area contributed by atoms with E-state index in [9.17, 15) is 9.59 Å². The molecule has 2 saturated carbocycles. The van der Waals surface area contributed by atoms with Gasteiger partial charge in [0.15, 0.2) is 0 Å². The van der Waals surface area contributed by atoms with Crippen LogP contribution in [0.3, 0.4) is 0 Å². The number of carbonyl (C=O) groups is 2. The number of ether oxygens (including phenoxy) is 1. The fourth-order valence-corrected chi connectivity index (χ4v) is 6.50. The Morgan fingerprint density at radius 3 is 2.29 bits per heavy atom. The number of hydrogen-bond acceptors (Lipinski definition) is 7. The van der Waals surface area contributed by atoms with Crippen LogP contribution in [0.4, 0.5) is 5.69 Å². The molecule has 170 valence electrons. The van der Waals surface area contributed by atoms with Gasteiger partial charge in [-0.25, -0.2) is 4.79 Å². The van der Waals surface area contributed by atoms with E-state index in [1.165, 1.54) is 31.9 Å². The van der Waals surface area contributed by atoms with Crippen LogP contribution in [0.25, 0.3) is 0 Å². The Hall–Kier alpha value is -1.99. The highest BCUT2D eigenvalue weighted by molar-refractivity contribution is 5.91. The van der Waals surface area contributed by atoms with Gasteiger partial charge in [-0.1, -0.05) is 32.1 Å². The molecular formula is C24H36N4O3. The molecule has 7 heteroatoms. The lowest BCUT2D eigenvalue weighted by Gasteiger charge is -2.61. The zero-order valence-electron chi connectivity index (χ0n) is 18.7. The number of esters is 2. The number of pyridine rings is 1. The third-order valence-electron chi connectivity index (χ3n) is 7.90. The second-order valence-corrected chi connectivity index (χ2v) is 9.50. The molecule has 3 aliphatic rings. The summed E-state index contributed by atoms with van der Waals surface area (Å²) in [6.07, 6.45) is 12.9. The lowest BCUT2D eigenvalue weighted by molar-refractivity contribution is -0.173. The summed E-state index contributed by atoms with van der Waals surface area (Å²) in [4.78, 5) is 34.0. The van der Waals surface area contributed by atoms with Crippen LogP contribution in [0.15, 0.2) is 24.5 Å². The molecule has 31 heavy (non-hydrogen) atoms. The molecule has 2 unspecified atom stereocenters. The molecule has 0 bridgehead atoms. The molecule has 3 fully saturated rings. The fourth-order valence-electron chi connectivity index (χ4n) is 6.50. The number of rotatable bonds is 4. The Labute approximate surface area is 185 Å². The quantitative estimate of drug-likeness (QED) is 0.583. The van der Waals surface area contributed by atoms with E-state index in [1.807, 2.05) is 24.5 Å². The summed E-state index contributed by atoms with van der Waals surface area (Å²) >= 11 is 0. The standard InChI is InChI=1S/C24H36N4O3/c1-19(29)31-22(30)23(25)11-5-6-12-24(23,20-7-3-2-4-8-20)28-17-15-27(16-18-28)21-9-13-26-14-10-21/h9-10,13-14,20H,2-8,11-12,15-18,25H2,1H3. The van der Waals surface area contributed by atoms with Gasteiger partial charge in [-0.05, 0) is 43.7 Å². The third-order valence-corrected chi connectivity index (χ3v) is 7.90. The minimum atomic E-state index is -1.14. The number of piperazine rings is 1. The Morgan fingerprint density at radius 1 is 1.00 bits per heavy atom. The van der Waals surface area contributed by atoms with Gasteiger partial charge in [0.25, 0.3) is 0 Å². The predicted octanol–water partition coefficient (Wildman–Crippen LogP) is 2.88. The van der Waals surface area contributed by atoms with Crippen molar-refractivity contribution in [2.24, 2.45) is 11.7 Å². The van der Waals surface area contributed by atoms with Crippen LogP contribution in [0.2, 0.25) is 0 Å². The summed E-state index contributed by atoms with van der Waals surface area (Å²) in [7, 11) is 0. The number of aromatic nitrogens is 1. The maximum absolute atomic E-state index is 13.3. The van der Waals surface area contributed by atoms with Gasteiger partial charge in [0.05, 0.1) is 5.54 Å². The van der Waals surface area contributed by atoms with Gasteiger partial charge in [-0.2, -0.15) is 0 Å². The normalized spacial score (nSPS) is 30.7. The zero-order chi connectivity index (χ0) is 21.9. The highest BCUT2D eigenvalue weighted by Gasteiger charge is 2.62. The van der Waals surface area contributed by atoms with Gasteiger partial charge in [0.1, 0.15) is 5.54 Å². The van der Waals surface area contributed by atoms with E-state index in [0.717, 1.165) is 58.3 Å². The molecule has 2 aliphatic carbocycles. The molecule has 1 aliphatic heterocycles. The van der Waals surface area contributed by atoms with Crippen LogP contribution >= 0.6 is 0 Å². The van der Waals surface area contributed by atoms with E-state index in [1.54, 1.807) is 0 Å². The van der Waals surface area contributed by atoms with Crippen LogP contribution in [-0.4, -0.2) is 59.1 Å². The maximum Gasteiger partial charge on any atom is 0.335 e. The summed E-state index contributed by atoms with van der Waals surface area (Å²) in [5.74, 6) is -0.735. The fraction of sp³-hybridized carbons (Fsp3) is 0.708. The second kappa shape index (κ2) is 9.25. The first kappa shape index (κ1) is 22.2. The predicted molar refractivity (Wildman–Crippen MR) is 119 cm³/mol. The summed E-state index contributed by atoms with van der Waals surface area (Å²) in [6, 6.07) is 4.09. The molecule has 2 atom stereocenters. The summed E-state index contributed by atoms with van der Waals surface area (Å²) in [6.45, 7) is 4.77. The molecule has 0 radical (unpaired) electrons. The average molecular weight is 429 g/mol. The first-order chi connectivity index (χ1) is 15.0. The first-order valence-corrected chi connectivity index (χ1v) is 11.9. The van der Waals surface area contributed by atoms with Gasteiger partial charge in [-0.15, -0.1) is 0 Å². The summed E-state index contributed by atoms with van der Waals surface area (Å²) < 4.78 is 5.17. The molecule has 2 N–H and O–H groups in total. The van der Waals surface area contributed by atoms with Crippen molar-refractivity contribution in [1.82, 2.24) is 9.88 Å². The molecule has 7 nitrogen and oxygen atoms in total. The van der Waals surface area contributed by atoms with Gasteiger partial charge in [0.2, 0.25) is 0 Å². The van der Waals surface area contributed by atoms with E-state index in [-0.39, 0.29) is 0 Å². The molecule has 1 aromatic rings. The number of anilines is 1. The molecule has 0 spiro atoms. The molecule has 1 saturated heterocycles. The molecule has 1 aromatic heterocycles. The number of hydrogen-bond donors (Lipinski definition) is 1. The van der Waals surface area contributed by atoms with E-state index in [0.29, 0.717) is 12.3 Å². The zero-order valence-corrected chi connectivity index (χ0v) is 18.7. The van der Waals surface area contributed by atoms with E-state index in [2.05, 4.69) is 14.8 Å². The first-order valence-electron chi connectivity index (χ1n) is 11.9. The number of nitrogens with zero attached hydrogens (tertiary/aromatic N) is 3. The van der Waals surface area contributed by atoms with Gasteiger partial charge < -0.3 is 15.4 Å². The van der Waals surface area contributed by atoms with Crippen molar-refractivity contribution in [3.63, 3.8) is 0 Å². The Morgan fingerprint density at radius 2 is 1.65 bits per heavy atom. The third kappa shape index (κ3) is 4.10. The molecule has 4 rings (SSSR count). The molecule has 0 amide bonds. The lowest BCUT2D eigenvalue weighted by atomic mass is 9.57. The van der Waals surface area contributed by atoms with Crippen molar-refractivity contribution < 1.29 is 14.3 Å². The summed E-state index contributed by atoms with van der Waals surface area (Å²) in [5, 5.41) is 0. The van der Waals surface area contributed by atoms with Crippen molar-refractivity contribution in [3.05, 3.63) is 24.5 Å². The van der Waals surface area contributed by atoms with Crippen molar-refractivity contribution in [1.29, 1.82) is 0 Å². The van der Waals surface area contributed by atoms with Gasteiger partial charge in [0, 0.05) is 51.2 Å². The largest absolute Gasteiger partial charge is 0.392 e. The highest BCUT2D eigenvalue weighted by Crippen LogP contribution is 2.50. The summed E-state index contributed by atoms with van der Waals surface area (Å²) in [5.41, 5.74) is 6.64. The molecular weight excluding hydrogens is 392 g/mol. The lowest BCUT2D eigenvalue weighted by Crippen LogP contribution is -2.78. The van der Waals surface area contributed by atoms with Crippen molar-refractivity contribution in [2.75, 3.05) is 31.1 Å². The molecule has 2 heterocycles. The monoisotopic (exact) mass is 428 g/mol. The SMILES string of the molecule is CC(=O)OC(=O)C1(N)CCCCC1(C1CCCCC1)N1CCN(c2ccncc2)CC1. The minimum Gasteiger partial charge on any atom is -0.392 e. The Kier molecular flexibility index (Phi) is 6.63. The molecule has 0 aromatic carbocycles. The van der Waals surface area contributed by atoms with Crippen LogP contribution in [0.5, 0.6) is 0 Å². The number of nitrogens with two attached hydrogens (primary N) is 1. The number of carbonyl (C=O) groups excluding carboxylic acids is 2. The Bertz CT molecular complexity index is 774. The van der Waals surface area contributed by atoms with Gasteiger partial charge >= 0.3 is 11.9 Å². The Balaban J connectivity index is 1.65. The van der Waals surface area contributed by atoms with Crippen LogP contribution in [-0.2, 0) is 14.3 Å². The second-order valence-electron chi connectivity index (χ2n) is 9.50. The minimum absolute atomic E-state index is 0.360. The van der Waals surface area contributed by atoms with Crippen molar-refractivity contribution >= 4 is 17.6 Å². The topological polar surface area (TPSA) is 88.8 Å². The van der Waals surface area contributed by atoms with Crippen molar-refractivity contribution in [3.8, 4) is 0 Å². The van der Waals surface area contributed by atoms with Crippen LogP contribution < -0.4 is 10.6 Å². The van der Waals surface area contributed by atoms with Gasteiger partial charge in [-0.3, -0.25) is 14.7 Å².